The van der Waals surface area contributed by atoms with E-state index in [0.29, 0.717) is 23.3 Å². The van der Waals surface area contributed by atoms with Gasteiger partial charge in [0.05, 0.1) is 41.1 Å². The topological polar surface area (TPSA) is 106 Å². The Hall–Kier alpha value is -5.02. The highest BCUT2D eigenvalue weighted by atomic mass is 19.4. The smallest absolute Gasteiger partial charge is 0.417 e. The van der Waals surface area contributed by atoms with Crippen LogP contribution in [-0.4, -0.2) is 59.1 Å². The van der Waals surface area contributed by atoms with Crippen molar-refractivity contribution >= 4 is 29.6 Å². The molecule has 0 spiro atoms. The van der Waals surface area contributed by atoms with Gasteiger partial charge in [-0.1, -0.05) is 6.07 Å². The Balaban J connectivity index is 1.94. The summed E-state index contributed by atoms with van der Waals surface area (Å²) in [7, 11) is 2.30. The van der Waals surface area contributed by atoms with Crippen LogP contribution in [0.3, 0.4) is 0 Å². The fourth-order valence-corrected chi connectivity index (χ4v) is 6.66. The molecular formula is C38H40F7N3O6. The monoisotopic (exact) mass is 767 g/mol. The van der Waals surface area contributed by atoms with Crippen molar-refractivity contribution in [2.24, 2.45) is 5.92 Å². The zero-order valence-corrected chi connectivity index (χ0v) is 31.2. The van der Waals surface area contributed by atoms with E-state index in [9.17, 15) is 49.9 Å². The van der Waals surface area contributed by atoms with Crippen molar-refractivity contribution in [3.05, 3.63) is 82.4 Å². The summed E-state index contributed by atoms with van der Waals surface area (Å²) in [6, 6.07) is 6.06. The fourth-order valence-electron chi connectivity index (χ4n) is 6.66. The van der Waals surface area contributed by atoms with Crippen LogP contribution < -0.4 is 4.90 Å². The third kappa shape index (κ3) is 7.92. The van der Waals surface area contributed by atoms with E-state index in [-0.39, 0.29) is 23.0 Å². The first-order chi connectivity index (χ1) is 24.5. The Bertz CT molecular complexity index is 1970. The van der Waals surface area contributed by atoms with Crippen LogP contribution in [0.25, 0.3) is 11.1 Å². The van der Waals surface area contributed by atoms with Crippen molar-refractivity contribution < 1.29 is 59.4 Å². The average molecular weight is 768 g/mol. The van der Waals surface area contributed by atoms with Crippen molar-refractivity contribution in [2.45, 2.75) is 90.2 Å². The summed E-state index contributed by atoms with van der Waals surface area (Å²) in [5.41, 5.74) is -7.36. The van der Waals surface area contributed by atoms with E-state index in [1.54, 1.807) is 27.7 Å². The number of benzene rings is 2. The van der Waals surface area contributed by atoms with Crippen LogP contribution >= 0.6 is 0 Å². The summed E-state index contributed by atoms with van der Waals surface area (Å²) < 4.78 is 107. The maximum absolute atomic E-state index is 14.3. The first-order valence-corrected chi connectivity index (χ1v) is 16.5. The molecule has 2 aromatic carbocycles. The quantitative estimate of drug-likeness (QED) is 0.141. The number of halogens is 7. The molecule has 0 N–H and O–H groups in total. The molecule has 1 aromatic heterocycles. The number of hydrogen-bond donors (Lipinski definition) is 0. The molecule has 54 heavy (non-hydrogen) atoms. The number of methoxy groups -OCH3 is 1. The van der Waals surface area contributed by atoms with Crippen LogP contribution in [0.5, 0.6) is 0 Å². The van der Waals surface area contributed by atoms with Gasteiger partial charge in [0.2, 0.25) is 11.8 Å². The summed E-state index contributed by atoms with van der Waals surface area (Å²) >= 11 is 0. The number of ether oxygens (including phenoxy) is 2. The van der Waals surface area contributed by atoms with E-state index in [1.807, 2.05) is 0 Å². The van der Waals surface area contributed by atoms with Gasteiger partial charge in [0.1, 0.15) is 17.3 Å². The van der Waals surface area contributed by atoms with E-state index in [0.717, 1.165) is 23.0 Å². The third-order valence-electron chi connectivity index (χ3n) is 9.40. The molecule has 0 radical (unpaired) electrons. The largest absolute Gasteiger partial charge is 0.468 e. The van der Waals surface area contributed by atoms with Gasteiger partial charge in [0.15, 0.2) is 0 Å². The number of pyridine rings is 1. The molecule has 0 bridgehead atoms. The molecule has 3 amide bonds. The summed E-state index contributed by atoms with van der Waals surface area (Å²) in [5.74, 6) is -6.23. The van der Waals surface area contributed by atoms with E-state index in [2.05, 4.69) is 4.98 Å². The molecule has 2 heterocycles. The Morgan fingerprint density at radius 3 is 1.87 bits per heavy atom. The highest BCUT2D eigenvalue weighted by Gasteiger charge is 2.61. The second-order valence-corrected chi connectivity index (χ2v) is 15.2. The number of esters is 1. The van der Waals surface area contributed by atoms with Gasteiger partial charge in [0, 0.05) is 24.2 Å². The average Bonchev–Trinajstić information content (AvgIpc) is 3.25. The lowest BCUT2D eigenvalue weighted by Gasteiger charge is -2.36. The molecular weight excluding hydrogens is 727 g/mol. The highest BCUT2D eigenvalue weighted by molar-refractivity contribution is 6.08. The zero-order valence-electron chi connectivity index (χ0n) is 31.2. The van der Waals surface area contributed by atoms with E-state index < -0.39 is 87.1 Å². The molecule has 16 heteroatoms. The molecule has 1 saturated heterocycles. The predicted molar refractivity (Wildman–Crippen MR) is 183 cm³/mol. The van der Waals surface area contributed by atoms with Crippen LogP contribution in [0.4, 0.5) is 41.2 Å². The number of nitrogens with zero attached hydrogens (tertiary/aromatic N) is 3. The zero-order chi connectivity index (χ0) is 41.1. The lowest BCUT2D eigenvalue weighted by atomic mass is 9.78. The SMILES string of the molecule is COC(=O)C1C(=O)N(C(=O)OC(C)(C)C)C(C)(C)C1c1cc(-c2ccc(F)cc2C)c(N(C)C(=O)C(C)(C)c2cc(C(F)(F)F)cc(C(F)(F)F)c2)cn1. The summed E-state index contributed by atoms with van der Waals surface area (Å²) in [6.45, 7) is 11.7. The number of aryl methyl sites for hydroxylation is 1. The van der Waals surface area contributed by atoms with Crippen molar-refractivity contribution in [1.29, 1.82) is 0 Å². The van der Waals surface area contributed by atoms with Gasteiger partial charge in [-0.2, -0.15) is 26.3 Å². The molecule has 0 aliphatic carbocycles. The van der Waals surface area contributed by atoms with E-state index in [1.165, 1.54) is 59.1 Å². The van der Waals surface area contributed by atoms with Gasteiger partial charge in [-0.25, -0.2) is 14.1 Å². The van der Waals surface area contributed by atoms with Crippen LogP contribution in [0.15, 0.2) is 48.7 Å². The maximum atomic E-state index is 14.3. The minimum Gasteiger partial charge on any atom is -0.468 e. The minimum atomic E-state index is -5.16. The third-order valence-corrected chi connectivity index (χ3v) is 9.40. The minimum absolute atomic E-state index is 0.00435. The van der Waals surface area contributed by atoms with Gasteiger partial charge in [0.25, 0.3) is 0 Å². The van der Waals surface area contributed by atoms with Gasteiger partial charge in [-0.3, -0.25) is 19.4 Å². The van der Waals surface area contributed by atoms with Crippen LogP contribution in [0, 0.1) is 18.7 Å². The summed E-state index contributed by atoms with van der Waals surface area (Å²) in [6.07, 6.45) is -10.2. The number of rotatable bonds is 6. The highest BCUT2D eigenvalue weighted by Crippen LogP contribution is 2.49. The van der Waals surface area contributed by atoms with Gasteiger partial charge in [-0.15, -0.1) is 0 Å². The van der Waals surface area contributed by atoms with Crippen molar-refractivity contribution in [3.63, 3.8) is 0 Å². The predicted octanol–water partition coefficient (Wildman–Crippen LogP) is 8.60. The number of imide groups is 1. The second kappa shape index (κ2) is 14.0. The molecule has 2 unspecified atom stereocenters. The number of hydrogen-bond acceptors (Lipinski definition) is 7. The van der Waals surface area contributed by atoms with Crippen LogP contribution in [0.1, 0.15) is 82.3 Å². The number of likely N-dealkylation sites (N-methyl/N-ethyl adjacent to an activating group) is 1. The molecule has 1 fully saturated rings. The molecule has 2 atom stereocenters. The van der Waals surface area contributed by atoms with Crippen molar-refractivity contribution in [3.8, 4) is 11.1 Å². The Morgan fingerprint density at radius 2 is 1.39 bits per heavy atom. The van der Waals surface area contributed by atoms with Crippen LogP contribution in [-0.2, 0) is 41.6 Å². The summed E-state index contributed by atoms with van der Waals surface area (Å²) in [4.78, 5) is 60.9. The number of likely N-dealkylation sites (tertiary alicyclic amines) is 1. The van der Waals surface area contributed by atoms with Crippen molar-refractivity contribution in [2.75, 3.05) is 19.1 Å². The van der Waals surface area contributed by atoms with Crippen molar-refractivity contribution in [1.82, 2.24) is 9.88 Å². The lowest BCUT2D eigenvalue weighted by Crippen LogP contribution is -2.49. The maximum Gasteiger partial charge on any atom is 0.417 e. The lowest BCUT2D eigenvalue weighted by molar-refractivity contribution is -0.150. The number of amides is 3. The molecule has 1 aliphatic rings. The molecule has 4 rings (SSSR count). The molecule has 1 aliphatic heterocycles. The molecule has 9 nitrogen and oxygen atoms in total. The second-order valence-electron chi connectivity index (χ2n) is 15.2. The molecule has 0 saturated carbocycles. The Kier molecular flexibility index (Phi) is 10.8. The first kappa shape index (κ1) is 41.7. The number of carbonyl (C=O) groups is 4. The van der Waals surface area contributed by atoms with Gasteiger partial charge in [-0.05, 0) is 108 Å². The van der Waals surface area contributed by atoms with E-state index in [4.69, 9.17) is 9.47 Å². The van der Waals surface area contributed by atoms with Gasteiger partial charge < -0.3 is 14.4 Å². The Labute approximate surface area is 307 Å². The van der Waals surface area contributed by atoms with E-state index >= 15 is 0 Å². The molecule has 3 aromatic rings. The number of aromatic nitrogens is 1. The summed E-state index contributed by atoms with van der Waals surface area (Å²) in [5, 5.41) is 0. The van der Waals surface area contributed by atoms with Crippen LogP contribution in [0.2, 0.25) is 0 Å². The number of alkyl halides is 6. The fraction of sp³-hybridized carbons (Fsp3) is 0.447. The normalized spacial score (nSPS) is 17.7. The molecule has 292 valence electrons. The van der Waals surface area contributed by atoms with Gasteiger partial charge >= 0.3 is 24.4 Å². The Morgan fingerprint density at radius 1 is 0.852 bits per heavy atom. The first-order valence-electron chi connectivity index (χ1n) is 16.5. The standard InChI is InChI=1S/C38H40F7N3O6/c1-19-13-23(39)11-12-24(19)25-17-26(29-28(31(50)53-10)30(49)48(36(29,7)8)33(52)54-34(2,3)4)46-18-27(25)47(9)32(51)35(5,6)20-14-21(37(40,41)42)16-22(15-20)38(43,44)45/h11-18,28-29H,1-10H3. The number of carbonyl (C=O) groups excluding carboxylic acids is 4. The number of anilines is 1.